The van der Waals surface area contributed by atoms with Crippen molar-refractivity contribution in [1.29, 1.82) is 0 Å². The molecule has 0 bridgehead atoms. The molecule has 1 aliphatic carbocycles. The van der Waals surface area contributed by atoms with Crippen LogP contribution in [-0.4, -0.2) is 15.9 Å². The third kappa shape index (κ3) is 2.20. The molecule has 0 spiro atoms. The predicted octanol–water partition coefficient (Wildman–Crippen LogP) is 2.95. The third-order valence-electron chi connectivity index (χ3n) is 3.23. The number of carbonyl (C=O) groups excluding carboxylic acids is 1. The molecule has 0 aliphatic heterocycles. The zero-order chi connectivity index (χ0) is 13.6. The molecule has 3 rings (SSSR count). The Bertz CT molecular complexity index is 693. The van der Waals surface area contributed by atoms with Crippen LogP contribution in [0.3, 0.4) is 0 Å². The van der Waals surface area contributed by atoms with Gasteiger partial charge in [0.25, 0.3) is 0 Å². The number of fused-ring (bicyclic) bond motifs is 1. The quantitative estimate of drug-likeness (QED) is 0.855. The van der Waals surface area contributed by atoms with Crippen molar-refractivity contribution in [2.24, 2.45) is 11.1 Å². The minimum Gasteiger partial charge on any atom is -0.392 e. The van der Waals surface area contributed by atoms with Crippen LogP contribution >= 0.6 is 35.2 Å². The summed E-state index contributed by atoms with van der Waals surface area (Å²) < 4.78 is 0.933. The van der Waals surface area contributed by atoms with Crippen LogP contribution in [0.5, 0.6) is 0 Å². The smallest absolute Gasteiger partial charge is 0.239 e. The number of halogens is 1. The first-order valence-electron chi connectivity index (χ1n) is 5.69. The van der Waals surface area contributed by atoms with E-state index in [9.17, 15) is 4.79 Å². The number of anilines is 1. The van der Waals surface area contributed by atoms with Crippen LogP contribution in [0.2, 0.25) is 5.02 Å². The van der Waals surface area contributed by atoms with E-state index in [1.807, 2.05) is 12.1 Å². The molecule has 1 heterocycles. The fourth-order valence-corrected chi connectivity index (χ4v) is 3.31. The van der Waals surface area contributed by atoms with Crippen LogP contribution in [0.1, 0.15) is 12.8 Å². The lowest BCUT2D eigenvalue weighted by atomic mass is 10.1. The molecule has 0 radical (unpaired) electrons. The highest BCUT2D eigenvalue weighted by atomic mass is 35.5. The number of aromatic nitrogens is 1. The van der Waals surface area contributed by atoms with Gasteiger partial charge in [0.1, 0.15) is 0 Å². The molecule has 1 aliphatic rings. The minimum absolute atomic E-state index is 0.162. The van der Waals surface area contributed by atoms with Gasteiger partial charge in [-0.15, -0.1) is 0 Å². The molecule has 1 fully saturated rings. The second kappa shape index (κ2) is 4.40. The number of thiazole rings is 1. The number of nitrogens with two attached hydrogens (primary N) is 1. The number of hydrogen-bond donors (Lipinski definition) is 2. The van der Waals surface area contributed by atoms with Crippen molar-refractivity contribution in [3.05, 3.63) is 23.2 Å². The molecule has 2 aromatic rings. The van der Waals surface area contributed by atoms with Gasteiger partial charge in [0.15, 0.2) is 5.13 Å². The third-order valence-corrected chi connectivity index (χ3v) is 4.79. The summed E-state index contributed by atoms with van der Waals surface area (Å²) in [7, 11) is 0. The van der Waals surface area contributed by atoms with E-state index < -0.39 is 5.41 Å². The predicted molar refractivity (Wildman–Crippen MR) is 81.7 cm³/mol. The van der Waals surface area contributed by atoms with E-state index >= 15 is 0 Å². The summed E-state index contributed by atoms with van der Waals surface area (Å²) in [6, 6.07) is 5.42. The van der Waals surface area contributed by atoms with Gasteiger partial charge in [-0.1, -0.05) is 35.2 Å². The highest BCUT2D eigenvalue weighted by molar-refractivity contribution is 7.80. The molecule has 19 heavy (non-hydrogen) atoms. The van der Waals surface area contributed by atoms with Gasteiger partial charge in [-0.05, 0) is 31.0 Å². The van der Waals surface area contributed by atoms with Crippen LogP contribution in [0.4, 0.5) is 5.13 Å². The van der Waals surface area contributed by atoms with Gasteiger partial charge < -0.3 is 11.1 Å². The van der Waals surface area contributed by atoms with E-state index in [2.05, 4.69) is 10.3 Å². The lowest BCUT2D eigenvalue weighted by molar-refractivity contribution is -0.118. The van der Waals surface area contributed by atoms with E-state index in [-0.39, 0.29) is 10.9 Å². The monoisotopic (exact) mass is 311 g/mol. The van der Waals surface area contributed by atoms with Crippen molar-refractivity contribution in [1.82, 2.24) is 4.98 Å². The Morgan fingerprint density at radius 2 is 2.26 bits per heavy atom. The van der Waals surface area contributed by atoms with Crippen LogP contribution in [0.15, 0.2) is 18.2 Å². The van der Waals surface area contributed by atoms with E-state index in [4.69, 9.17) is 29.6 Å². The van der Waals surface area contributed by atoms with E-state index in [0.717, 1.165) is 10.2 Å². The first kappa shape index (κ1) is 12.8. The van der Waals surface area contributed by atoms with Gasteiger partial charge >= 0.3 is 0 Å². The Morgan fingerprint density at radius 3 is 2.89 bits per heavy atom. The molecule has 7 heteroatoms. The molecule has 1 aromatic heterocycles. The van der Waals surface area contributed by atoms with Crippen molar-refractivity contribution in [2.45, 2.75) is 12.8 Å². The molecule has 0 unspecified atom stereocenters. The van der Waals surface area contributed by atoms with Crippen molar-refractivity contribution in [2.75, 3.05) is 5.32 Å². The fraction of sp³-hybridized carbons (Fsp3) is 0.250. The SMILES string of the molecule is NC(=S)C1(C(=O)Nc2nc3ccc(Cl)cc3s2)CC1. The van der Waals surface area contributed by atoms with Crippen LogP contribution in [0, 0.1) is 5.41 Å². The summed E-state index contributed by atoms with van der Waals surface area (Å²) in [5, 5.41) is 3.99. The summed E-state index contributed by atoms with van der Waals surface area (Å²) in [6.45, 7) is 0. The van der Waals surface area contributed by atoms with Crippen LogP contribution in [0.25, 0.3) is 10.2 Å². The maximum Gasteiger partial charge on any atom is 0.239 e. The molecule has 1 aromatic carbocycles. The molecular weight excluding hydrogens is 302 g/mol. The normalized spacial score (nSPS) is 16.3. The number of benzene rings is 1. The second-order valence-corrected chi connectivity index (χ2v) is 6.44. The topological polar surface area (TPSA) is 68.0 Å². The Labute approximate surface area is 124 Å². The molecule has 1 saturated carbocycles. The van der Waals surface area contributed by atoms with Crippen molar-refractivity contribution >= 4 is 61.4 Å². The van der Waals surface area contributed by atoms with Gasteiger partial charge in [-0.25, -0.2) is 4.98 Å². The van der Waals surface area contributed by atoms with E-state index in [0.29, 0.717) is 23.0 Å². The Balaban J connectivity index is 1.86. The van der Waals surface area contributed by atoms with Crippen LogP contribution in [-0.2, 0) is 4.79 Å². The molecule has 3 N–H and O–H groups in total. The van der Waals surface area contributed by atoms with Gasteiger partial charge in [0.2, 0.25) is 5.91 Å². The number of nitrogens with one attached hydrogen (secondary N) is 1. The zero-order valence-corrected chi connectivity index (χ0v) is 12.2. The average Bonchev–Trinajstić information content (AvgIpc) is 3.07. The molecular formula is C12H10ClN3OS2. The highest BCUT2D eigenvalue weighted by Gasteiger charge is 2.52. The summed E-state index contributed by atoms with van der Waals surface area (Å²) in [5.74, 6) is -0.162. The number of carbonyl (C=O) groups is 1. The fourth-order valence-electron chi connectivity index (χ4n) is 1.88. The number of rotatable bonds is 3. The molecule has 4 nitrogen and oxygen atoms in total. The molecule has 98 valence electrons. The number of amides is 1. The van der Waals surface area contributed by atoms with Gasteiger partial charge in [-0.2, -0.15) is 0 Å². The number of nitrogens with zero attached hydrogens (tertiary/aromatic N) is 1. The lowest BCUT2D eigenvalue weighted by Crippen LogP contribution is -2.34. The van der Waals surface area contributed by atoms with E-state index in [1.165, 1.54) is 11.3 Å². The summed E-state index contributed by atoms with van der Waals surface area (Å²) in [6.07, 6.45) is 1.43. The van der Waals surface area contributed by atoms with Crippen molar-refractivity contribution in [3.8, 4) is 0 Å². The maximum atomic E-state index is 12.1. The Hall–Kier alpha value is -1.24. The van der Waals surface area contributed by atoms with Crippen LogP contribution < -0.4 is 11.1 Å². The first-order valence-corrected chi connectivity index (χ1v) is 7.29. The molecule has 0 atom stereocenters. The minimum atomic E-state index is -0.662. The lowest BCUT2D eigenvalue weighted by Gasteiger charge is -2.11. The summed E-state index contributed by atoms with van der Waals surface area (Å²) in [4.78, 5) is 16.7. The Morgan fingerprint density at radius 1 is 1.53 bits per heavy atom. The Kier molecular flexibility index (Phi) is 2.96. The molecule has 1 amide bonds. The summed E-state index contributed by atoms with van der Waals surface area (Å²) >= 11 is 12.3. The zero-order valence-electron chi connectivity index (χ0n) is 9.77. The second-order valence-electron chi connectivity index (χ2n) is 4.53. The summed E-state index contributed by atoms with van der Waals surface area (Å²) in [5.41, 5.74) is 5.77. The van der Waals surface area contributed by atoms with Gasteiger partial charge in [0.05, 0.1) is 20.6 Å². The van der Waals surface area contributed by atoms with E-state index in [1.54, 1.807) is 6.07 Å². The number of hydrogen-bond acceptors (Lipinski definition) is 4. The highest BCUT2D eigenvalue weighted by Crippen LogP contribution is 2.47. The van der Waals surface area contributed by atoms with Crippen molar-refractivity contribution in [3.63, 3.8) is 0 Å². The standard InChI is InChI=1S/C12H10ClN3OS2/c13-6-1-2-7-8(5-6)19-11(15-7)16-10(17)12(3-4-12)9(14)18/h1-2,5H,3-4H2,(H2,14,18)(H,15,16,17). The maximum absolute atomic E-state index is 12.1. The van der Waals surface area contributed by atoms with Crippen molar-refractivity contribution < 1.29 is 4.79 Å². The first-order chi connectivity index (χ1) is 9.01. The largest absolute Gasteiger partial charge is 0.392 e. The molecule has 0 saturated heterocycles. The average molecular weight is 312 g/mol. The van der Waals surface area contributed by atoms with Gasteiger partial charge in [-0.3, -0.25) is 4.79 Å². The number of thiocarbonyl (C=S) groups is 1. The van der Waals surface area contributed by atoms with Gasteiger partial charge in [0, 0.05) is 5.02 Å².